The molecule has 0 spiro atoms. The van der Waals surface area contributed by atoms with Gasteiger partial charge in [0, 0.05) is 5.56 Å². The van der Waals surface area contributed by atoms with Gasteiger partial charge >= 0.3 is 5.97 Å². The van der Waals surface area contributed by atoms with E-state index in [1.54, 1.807) is 0 Å². The van der Waals surface area contributed by atoms with Gasteiger partial charge in [0.25, 0.3) is 5.91 Å². The third-order valence-electron chi connectivity index (χ3n) is 3.23. The van der Waals surface area contributed by atoms with Crippen LogP contribution in [-0.2, 0) is 9.53 Å². The zero-order chi connectivity index (χ0) is 18.6. The number of hydrogen-bond donors (Lipinski definition) is 1. The summed E-state index contributed by atoms with van der Waals surface area (Å²) >= 11 is 0. The molecule has 0 aliphatic rings. The van der Waals surface area contributed by atoms with E-state index in [9.17, 15) is 27.6 Å². The van der Waals surface area contributed by atoms with Gasteiger partial charge in [0.05, 0.1) is 11.3 Å². The SMILES string of the molecule is C[C@@H](OC(=O)c1ccc(C=O)cc1)C(=O)Nc1ccc(F)c(F)c1F. The van der Waals surface area contributed by atoms with Gasteiger partial charge in [-0.2, -0.15) is 0 Å². The molecule has 1 atom stereocenters. The van der Waals surface area contributed by atoms with Crippen molar-refractivity contribution in [2.24, 2.45) is 0 Å². The Hall–Kier alpha value is -3.16. The molecule has 0 bridgehead atoms. The van der Waals surface area contributed by atoms with Crippen molar-refractivity contribution >= 4 is 23.9 Å². The molecule has 0 fully saturated rings. The largest absolute Gasteiger partial charge is 0.449 e. The van der Waals surface area contributed by atoms with Crippen LogP contribution in [0.5, 0.6) is 0 Å². The second-order valence-electron chi connectivity index (χ2n) is 5.00. The van der Waals surface area contributed by atoms with Gasteiger partial charge in [-0.3, -0.25) is 9.59 Å². The molecule has 8 heteroatoms. The Morgan fingerprint density at radius 3 is 2.28 bits per heavy atom. The van der Waals surface area contributed by atoms with Crippen molar-refractivity contribution in [3.8, 4) is 0 Å². The number of rotatable bonds is 5. The van der Waals surface area contributed by atoms with Crippen molar-refractivity contribution in [2.45, 2.75) is 13.0 Å². The van der Waals surface area contributed by atoms with Crippen molar-refractivity contribution in [1.29, 1.82) is 0 Å². The Bertz CT molecular complexity index is 821. The number of carbonyl (C=O) groups is 3. The Kier molecular flexibility index (Phi) is 5.53. The summed E-state index contributed by atoms with van der Waals surface area (Å²) in [7, 11) is 0. The second-order valence-corrected chi connectivity index (χ2v) is 5.00. The fraction of sp³-hybridized carbons (Fsp3) is 0.118. The molecular formula is C17H12F3NO4. The number of nitrogens with one attached hydrogen (secondary N) is 1. The van der Waals surface area contributed by atoms with E-state index in [2.05, 4.69) is 0 Å². The van der Waals surface area contributed by atoms with Gasteiger partial charge in [0.1, 0.15) is 6.29 Å². The average molecular weight is 351 g/mol. The minimum absolute atomic E-state index is 0.101. The summed E-state index contributed by atoms with van der Waals surface area (Å²) in [6.45, 7) is 1.23. The molecule has 2 rings (SSSR count). The second kappa shape index (κ2) is 7.61. The number of esters is 1. The van der Waals surface area contributed by atoms with Crippen molar-refractivity contribution in [1.82, 2.24) is 0 Å². The van der Waals surface area contributed by atoms with Crippen LogP contribution in [0.2, 0.25) is 0 Å². The lowest BCUT2D eigenvalue weighted by Gasteiger charge is -2.14. The van der Waals surface area contributed by atoms with Crippen LogP contribution < -0.4 is 5.32 Å². The molecule has 0 aliphatic heterocycles. The van der Waals surface area contributed by atoms with Crippen LogP contribution in [-0.4, -0.2) is 24.3 Å². The summed E-state index contributed by atoms with van der Waals surface area (Å²) in [6, 6.07) is 6.96. The van der Waals surface area contributed by atoms with Crippen LogP contribution in [0.1, 0.15) is 27.6 Å². The molecule has 130 valence electrons. The molecule has 0 saturated carbocycles. The highest BCUT2D eigenvalue weighted by Crippen LogP contribution is 2.20. The number of amides is 1. The lowest BCUT2D eigenvalue weighted by Crippen LogP contribution is -2.30. The molecule has 5 nitrogen and oxygen atoms in total. The highest BCUT2D eigenvalue weighted by molar-refractivity contribution is 5.97. The summed E-state index contributed by atoms with van der Waals surface area (Å²) in [5, 5.41) is 2.01. The maximum Gasteiger partial charge on any atom is 0.338 e. The number of benzene rings is 2. The van der Waals surface area contributed by atoms with Crippen LogP contribution in [0.15, 0.2) is 36.4 Å². The molecule has 0 saturated heterocycles. The minimum atomic E-state index is -1.72. The topological polar surface area (TPSA) is 72.5 Å². The standard InChI is InChI=1S/C17H12F3NO4/c1-9(25-17(24)11-4-2-10(8-22)3-5-11)16(23)21-13-7-6-12(18)14(19)15(13)20/h2-9H,1H3,(H,21,23)/t9-/m1/s1. The average Bonchev–Trinajstić information content (AvgIpc) is 2.62. The molecule has 0 unspecified atom stereocenters. The van der Waals surface area contributed by atoms with Crippen LogP contribution in [0.4, 0.5) is 18.9 Å². The first kappa shape index (κ1) is 18.2. The molecule has 0 radical (unpaired) electrons. The number of ether oxygens (including phenoxy) is 1. The molecule has 1 amide bonds. The van der Waals surface area contributed by atoms with Crippen LogP contribution >= 0.6 is 0 Å². The van der Waals surface area contributed by atoms with Crippen LogP contribution in [0.3, 0.4) is 0 Å². The number of carbonyl (C=O) groups excluding carboxylic acids is 3. The minimum Gasteiger partial charge on any atom is -0.449 e. The van der Waals surface area contributed by atoms with Crippen LogP contribution in [0, 0.1) is 17.5 Å². The van der Waals surface area contributed by atoms with Gasteiger partial charge in [0.2, 0.25) is 0 Å². The van der Waals surface area contributed by atoms with Crippen molar-refractivity contribution in [3.05, 3.63) is 65.0 Å². The van der Waals surface area contributed by atoms with E-state index in [1.807, 2.05) is 5.32 Å². The maximum absolute atomic E-state index is 13.5. The molecule has 25 heavy (non-hydrogen) atoms. The van der Waals surface area contributed by atoms with Crippen molar-refractivity contribution in [3.63, 3.8) is 0 Å². The van der Waals surface area contributed by atoms with E-state index in [-0.39, 0.29) is 5.56 Å². The summed E-state index contributed by atoms with van der Waals surface area (Å²) in [4.78, 5) is 34.4. The lowest BCUT2D eigenvalue weighted by molar-refractivity contribution is -0.123. The lowest BCUT2D eigenvalue weighted by atomic mass is 10.1. The summed E-state index contributed by atoms with van der Waals surface area (Å²) in [5.41, 5.74) is -0.123. The van der Waals surface area contributed by atoms with Crippen molar-refractivity contribution in [2.75, 3.05) is 5.32 Å². The third kappa shape index (κ3) is 4.23. The molecule has 0 aromatic heterocycles. The Morgan fingerprint density at radius 1 is 1.04 bits per heavy atom. The van der Waals surface area contributed by atoms with Gasteiger partial charge in [-0.25, -0.2) is 18.0 Å². The fourth-order valence-corrected chi connectivity index (χ4v) is 1.84. The first-order valence-electron chi connectivity index (χ1n) is 7.04. The third-order valence-corrected chi connectivity index (χ3v) is 3.23. The predicted octanol–water partition coefficient (Wildman–Crippen LogP) is 3.10. The molecule has 0 aliphatic carbocycles. The summed E-state index contributed by atoms with van der Waals surface area (Å²) in [6.07, 6.45) is -0.729. The van der Waals surface area contributed by atoms with Gasteiger partial charge < -0.3 is 10.1 Å². The first-order chi connectivity index (χ1) is 11.8. The molecule has 2 aromatic carbocycles. The van der Waals surface area contributed by atoms with Gasteiger partial charge in [-0.05, 0) is 31.2 Å². The first-order valence-corrected chi connectivity index (χ1v) is 7.04. The van der Waals surface area contributed by atoms with Gasteiger partial charge in [0.15, 0.2) is 23.6 Å². The maximum atomic E-state index is 13.5. The smallest absolute Gasteiger partial charge is 0.338 e. The Labute approximate surface area is 140 Å². The summed E-state index contributed by atoms with van der Waals surface area (Å²) in [5.74, 6) is -6.45. The monoisotopic (exact) mass is 351 g/mol. The zero-order valence-corrected chi connectivity index (χ0v) is 12.9. The molecule has 1 N–H and O–H groups in total. The number of hydrogen-bond acceptors (Lipinski definition) is 4. The zero-order valence-electron chi connectivity index (χ0n) is 12.9. The number of aldehydes is 1. The van der Waals surface area contributed by atoms with Crippen LogP contribution in [0.25, 0.3) is 0 Å². The van der Waals surface area contributed by atoms with E-state index in [1.165, 1.54) is 31.2 Å². The molecule has 0 heterocycles. The number of anilines is 1. The summed E-state index contributed by atoms with van der Waals surface area (Å²) < 4.78 is 44.4. The van der Waals surface area contributed by atoms with Gasteiger partial charge in [-0.1, -0.05) is 12.1 Å². The molecular weight excluding hydrogens is 339 g/mol. The Morgan fingerprint density at radius 2 is 1.68 bits per heavy atom. The van der Waals surface area contributed by atoms with Crippen molar-refractivity contribution < 1.29 is 32.3 Å². The quantitative estimate of drug-likeness (QED) is 0.510. The highest BCUT2D eigenvalue weighted by Gasteiger charge is 2.22. The normalized spacial score (nSPS) is 11.5. The fourth-order valence-electron chi connectivity index (χ4n) is 1.84. The van der Waals surface area contributed by atoms with E-state index in [0.29, 0.717) is 17.9 Å². The van der Waals surface area contributed by atoms with E-state index < -0.39 is 41.1 Å². The Balaban J connectivity index is 2.03. The predicted molar refractivity (Wildman–Crippen MR) is 81.7 cm³/mol. The number of halogens is 3. The van der Waals surface area contributed by atoms with Gasteiger partial charge in [-0.15, -0.1) is 0 Å². The molecule has 2 aromatic rings. The van der Waals surface area contributed by atoms with E-state index >= 15 is 0 Å². The van der Waals surface area contributed by atoms with E-state index in [4.69, 9.17) is 4.74 Å². The highest BCUT2D eigenvalue weighted by atomic mass is 19.2. The van der Waals surface area contributed by atoms with E-state index in [0.717, 1.165) is 6.07 Å².